The molecule has 6 nitrogen and oxygen atoms in total. The first-order valence-corrected chi connectivity index (χ1v) is 11.0. The molecule has 0 bridgehead atoms. The van der Waals surface area contributed by atoms with E-state index >= 15 is 0 Å². The highest BCUT2D eigenvalue weighted by Crippen LogP contribution is 2.24. The Balaban J connectivity index is 1.44. The number of aromatic nitrogens is 2. The lowest BCUT2D eigenvalue weighted by Gasteiger charge is -2.09. The molecule has 4 aromatic rings. The minimum absolute atomic E-state index is 0.236. The Hall–Kier alpha value is -3.80. The largest absolute Gasteiger partial charge is 0.485 e. The average Bonchev–Trinajstić information content (AvgIpc) is 3.36. The summed E-state index contributed by atoms with van der Waals surface area (Å²) in [4.78, 5) is 12.8. The van der Waals surface area contributed by atoms with Gasteiger partial charge >= 0.3 is 0 Å². The fourth-order valence-corrected chi connectivity index (χ4v) is 3.74. The van der Waals surface area contributed by atoms with Crippen molar-refractivity contribution in [3.8, 4) is 5.75 Å². The number of furan rings is 1. The highest BCUT2D eigenvalue weighted by Gasteiger charge is 2.18. The summed E-state index contributed by atoms with van der Waals surface area (Å²) in [6.07, 6.45) is 0. The fraction of sp³-hybridized carbons (Fsp3) is 0.259. The van der Waals surface area contributed by atoms with Gasteiger partial charge in [-0.25, -0.2) is 0 Å². The van der Waals surface area contributed by atoms with Gasteiger partial charge in [0.1, 0.15) is 18.1 Å². The van der Waals surface area contributed by atoms with Gasteiger partial charge in [-0.05, 0) is 75.1 Å². The highest BCUT2D eigenvalue weighted by molar-refractivity contribution is 6.02. The van der Waals surface area contributed by atoms with Gasteiger partial charge in [0.2, 0.25) is 0 Å². The maximum atomic E-state index is 12.8. The first kappa shape index (κ1) is 22.4. The molecule has 33 heavy (non-hydrogen) atoms. The van der Waals surface area contributed by atoms with Gasteiger partial charge in [0.25, 0.3) is 5.91 Å². The summed E-state index contributed by atoms with van der Waals surface area (Å²) in [5, 5.41) is 7.59. The molecule has 4 rings (SSSR count). The van der Waals surface area contributed by atoms with E-state index < -0.39 is 0 Å². The summed E-state index contributed by atoms with van der Waals surface area (Å²) >= 11 is 0. The van der Waals surface area contributed by atoms with Crippen LogP contribution in [0.4, 0.5) is 5.69 Å². The zero-order chi connectivity index (χ0) is 23.5. The average molecular weight is 444 g/mol. The van der Waals surface area contributed by atoms with Crippen LogP contribution in [0.15, 0.2) is 59.0 Å². The number of aryl methyl sites for hydroxylation is 4. The molecule has 0 saturated heterocycles. The first-order chi connectivity index (χ1) is 15.8. The Kier molecular flexibility index (Phi) is 6.36. The molecule has 0 atom stereocenters. The van der Waals surface area contributed by atoms with Crippen LogP contribution in [-0.2, 0) is 13.2 Å². The normalized spacial score (nSPS) is 10.9. The van der Waals surface area contributed by atoms with E-state index in [1.807, 2.05) is 62.7 Å². The van der Waals surface area contributed by atoms with Crippen LogP contribution in [0.25, 0.3) is 0 Å². The Bertz CT molecular complexity index is 1300. The molecule has 0 aliphatic heterocycles. The van der Waals surface area contributed by atoms with Crippen LogP contribution in [0.2, 0.25) is 0 Å². The maximum Gasteiger partial charge on any atom is 0.291 e. The van der Waals surface area contributed by atoms with Gasteiger partial charge in [-0.3, -0.25) is 9.48 Å². The van der Waals surface area contributed by atoms with Crippen LogP contribution >= 0.6 is 0 Å². The molecule has 0 unspecified atom stereocenters. The standard InChI is InChI=1S/C27H29N3O3/c1-17-10-11-19(3)25(14-17)32-16-23-12-13-24(33-23)27(31)28-26-20(4)29-30(21(26)5)15-22-9-7-6-8-18(22)2/h6-14H,15-16H2,1-5H3,(H,28,31). The van der Waals surface area contributed by atoms with Crippen LogP contribution < -0.4 is 10.1 Å². The first-order valence-electron chi connectivity index (χ1n) is 11.0. The zero-order valence-corrected chi connectivity index (χ0v) is 19.7. The molecular weight excluding hydrogens is 414 g/mol. The van der Waals surface area contributed by atoms with Crippen molar-refractivity contribution in [3.63, 3.8) is 0 Å². The fourth-order valence-electron chi connectivity index (χ4n) is 3.74. The minimum Gasteiger partial charge on any atom is -0.485 e. The molecule has 0 radical (unpaired) electrons. The SMILES string of the molecule is Cc1ccc(C)c(OCc2ccc(C(=O)Nc3c(C)nn(Cc4ccccc4C)c3C)o2)c1. The summed E-state index contributed by atoms with van der Waals surface area (Å²) in [6, 6.07) is 17.7. The number of amides is 1. The molecule has 2 aromatic heterocycles. The van der Waals surface area contributed by atoms with E-state index in [9.17, 15) is 4.79 Å². The summed E-state index contributed by atoms with van der Waals surface area (Å²) in [5.41, 5.74) is 6.96. The minimum atomic E-state index is -0.311. The van der Waals surface area contributed by atoms with Crippen LogP contribution in [0.3, 0.4) is 0 Å². The van der Waals surface area contributed by atoms with Crippen molar-refractivity contribution in [1.29, 1.82) is 0 Å². The number of nitrogens with zero attached hydrogens (tertiary/aromatic N) is 2. The quantitative estimate of drug-likeness (QED) is 0.386. The summed E-state index contributed by atoms with van der Waals surface area (Å²) in [7, 11) is 0. The lowest BCUT2D eigenvalue weighted by Crippen LogP contribution is -2.12. The number of hydrogen-bond acceptors (Lipinski definition) is 4. The number of ether oxygens (including phenoxy) is 1. The van der Waals surface area contributed by atoms with Gasteiger partial charge in [0, 0.05) is 0 Å². The van der Waals surface area contributed by atoms with Gasteiger partial charge in [-0.15, -0.1) is 0 Å². The second kappa shape index (κ2) is 9.36. The van der Waals surface area contributed by atoms with Gasteiger partial charge in [0.05, 0.1) is 23.6 Å². The third kappa shape index (κ3) is 5.00. The lowest BCUT2D eigenvalue weighted by molar-refractivity contribution is 0.0992. The smallest absolute Gasteiger partial charge is 0.291 e. The Morgan fingerprint density at radius 2 is 1.79 bits per heavy atom. The van der Waals surface area contributed by atoms with E-state index in [0.29, 0.717) is 18.0 Å². The number of benzene rings is 2. The van der Waals surface area contributed by atoms with Crippen molar-refractivity contribution < 1.29 is 13.9 Å². The molecule has 1 amide bonds. The predicted octanol–water partition coefficient (Wildman–Crippen LogP) is 5.90. The van der Waals surface area contributed by atoms with Gasteiger partial charge in [-0.2, -0.15) is 5.10 Å². The third-order valence-corrected chi connectivity index (χ3v) is 5.80. The molecule has 2 aromatic carbocycles. The van der Waals surface area contributed by atoms with Crippen molar-refractivity contribution >= 4 is 11.6 Å². The van der Waals surface area contributed by atoms with Crippen LogP contribution in [-0.4, -0.2) is 15.7 Å². The third-order valence-electron chi connectivity index (χ3n) is 5.80. The van der Waals surface area contributed by atoms with Crippen LogP contribution in [0, 0.1) is 34.6 Å². The number of carbonyl (C=O) groups is 1. The number of nitrogens with one attached hydrogen (secondary N) is 1. The summed E-state index contributed by atoms with van der Waals surface area (Å²) in [6.45, 7) is 10.9. The van der Waals surface area contributed by atoms with E-state index in [0.717, 1.165) is 28.3 Å². The van der Waals surface area contributed by atoms with Crippen molar-refractivity contribution in [2.75, 3.05) is 5.32 Å². The molecule has 0 aliphatic carbocycles. The molecular formula is C27H29N3O3. The van der Waals surface area contributed by atoms with Crippen molar-refractivity contribution in [2.45, 2.75) is 47.8 Å². The second-order valence-electron chi connectivity index (χ2n) is 8.41. The van der Waals surface area contributed by atoms with Gasteiger partial charge < -0.3 is 14.5 Å². The van der Waals surface area contributed by atoms with Crippen LogP contribution in [0.5, 0.6) is 5.75 Å². The Morgan fingerprint density at radius 1 is 1.00 bits per heavy atom. The van der Waals surface area contributed by atoms with Crippen molar-refractivity contribution in [3.05, 3.63) is 99.8 Å². The summed E-state index contributed by atoms with van der Waals surface area (Å²) < 4.78 is 13.5. The summed E-state index contributed by atoms with van der Waals surface area (Å²) in [5.74, 6) is 1.32. The van der Waals surface area contributed by atoms with Crippen molar-refractivity contribution in [2.24, 2.45) is 0 Å². The number of carbonyl (C=O) groups excluding carboxylic acids is 1. The number of hydrogen-bond donors (Lipinski definition) is 1. The topological polar surface area (TPSA) is 69.3 Å². The Morgan fingerprint density at radius 3 is 2.58 bits per heavy atom. The van der Waals surface area contributed by atoms with E-state index in [1.165, 1.54) is 11.1 Å². The Labute approximate surface area is 194 Å². The molecule has 170 valence electrons. The van der Waals surface area contributed by atoms with E-state index in [-0.39, 0.29) is 18.3 Å². The maximum absolute atomic E-state index is 12.8. The number of rotatable bonds is 7. The molecule has 1 N–H and O–H groups in total. The monoisotopic (exact) mass is 443 g/mol. The molecule has 0 spiro atoms. The van der Waals surface area contributed by atoms with Crippen molar-refractivity contribution in [1.82, 2.24) is 9.78 Å². The molecule has 0 aliphatic rings. The zero-order valence-electron chi connectivity index (χ0n) is 19.7. The molecule has 0 fully saturated rings. The highest BCUT2D eigenvalue weighted by atomic mass is 16.5. The lowest BCUT2D eigenvalue weighted by atomic mass is 10.1. The van der Waals surface area contributed by atoms with Gasteiger partial charge in [0.15, 0.2) is 5.76 Å². The van der Waals surface area contributed by atoms with Gasteiger partial charge in [-0.1, -0.05) is 36.4 Å². The number of anilines is 1. The predicted molar refractivity (Wildman–Crippen MR) is 129 cm³/mol. The van der Waals surface area contributed by atoms with E-state index in [4.69, 9.17) is 9.15 Å². The van der Waals surface area contributed by atoms with E-state index in [2.05, 4.69) is 29.5 Å². The van der Waals surface area contributed by atoms with Crippen LogP contribution in [0.1, 0.15) is 50.0 Å². The van der Waals surface area contributed by atoms with E-state index in [1.54, 1.807) is 12.1 Å². The molecule has 6 heteroatoms. The molecule has 0 saturated carbocycles. The second-order valence-corrected chi connectivity index (χ2v) is 8.41. The molecule has 2 heterocycles.